The highest BCUT2D eigenvalue weighted by Gasteiger charge is 2.50. The van der Waals surface area contributed by atoms with Crippen LogP contribution in [0.15, 0.2) is 288 Å². The fourth-order valence-electron chi connectivity index (χ4n) is 12.5. The maximum absolute atomic E-state index is 6.51. The minimum absolute atomic E-state index is 0.539. The summed E-state index contributed by atoms with van der Waals surface area (Å²) < 4.78 is 13.0. The van der Waals surface area contributed by atoms with Crippen molar-refractivity contribution in [3.63, 3.8) is 0 Å². The molecule has 0 radical (unpaired) electrons. The average Bonchev–Trinajstić information content (AvgIpc) is 4.15. The van der Waals surface area contributed by atoms with Crippen LogP contribution < -0.4 is 51.3 Å². The average molecular weight is 1010 g/mol. The van der Waals surface area contributed by atoms with E-state index in [1.165, 1.54) is 64.2 Å². The molecule has 4 heterocycles. The summed E-state index contributed by atoms with van der Waals surface area (Å²) in [6.07, 6.45) is 0. The van der Waals surface area contributed by atoms with E-state index in [4.69, 9.17) is 18.8 Å². The van der Waals surface area contributed by atoms with Gasteiger partial charge in [0.05, 0.1) is 0 Å². The van der Waals surface area contributed by atoms with Crippen molar-refractivity contribution in [3.05, 3.63) is 279 Å². The highest BCUT2D eigenvalue weighted by molar-refractivity contribution is 7.22. The fourth-order valence-corrected chi connectivity index (χ4v) is 22.7. The van der Waals surface area contributed by atoms with Gasteiger partial charge in [-0.15, -0.1) is 0 Å². The maximum Gasteiger partial charge on any atom is 0.227 e. The van der Waals surface area contributed by atoms with Crippen LogP contribution in [0.1, 0.15) is 0 Å². The Morgan fingerprint density at radius 1 is 0.276 bits per heavy atom. The quantitative estimate of drug-likeness (QED) is 0.141. The molecule has 11 aromatic carbocycles. The van der Waals surface area contributed by atoms with Crippen LogP contribution in [0.3, 0.4) is 0 Å². The van der Waals surface area contributed by atoms with Crippen molar-refractivity contribution < 1.29 is 8.83 Å². The summed E-state index contributed by atoms with van der Waals surface area (Å²) in [5.74, 6) is 1.08. The summed E-state index contributed by atoms with van der Waals surface area (Å²) in [5, 5.41) is 10.9. The summed E-state index contributed by atoms with van der Waals surface area (Å²) >= 11 is 0. The molecular weight excluding hydrogens is 961 g/mol. The number of rotatable bonds is 8. The molecule has 358 valence electrons. The fraction of sp³-hybridized carbons (Fsp3) is 0. The molecule has 2 aliphatic heterocycles. The number of para-hydroxylation sites is 4. The lowest BCUT2D eigenvalue weighted by Gasteiger charge is -2.45. The lowest BCUT2D eigenvalue weighted by atomic mass is 10.1. The van der Waals surface area contributed by atoms with Crippen LogP contribution in [0, 0.1) is 0 Å². The van der Waals surface area contributed by atoms with Crippen molar-refractivity contribution in [3.8, 4) is 22.9 Å². The smallest absolute Gasteiger partial charge is 0.227 e. The second kappa shape index (κ2) is 17.5. The molecule has 6 nitrogen and oxygen atoms in total. The third kappa shape index (κ3) is 6.57. The highest BCUT2D eigenvalue weighted by Crippen LogP contribution is 2.42. The van der Waals surface area contributed by atoms with E-state index in [9.17, 15) is 0 Å². The molecule has 8 heteroatoms. The Kier molecular flexibility index (Phi) is 10.1. The molecule has 2 aromatic heterocycles. The number of oxazole rings is 2. The first-order valence-electron chi connectivity index (χ1n) is 25.8. The Hall–Kier alpha value is -9.61. The molecule has 0 fully saturated rings. The van der Waals surface area contributed by atoms with Gasteiger partial charge >= 0.3 is 0 Å². The molecule has 0 atom stereocenters. The maximum atomic E-state index is 6.51. The first kappa shape index (κ1) is 43.9. The number of hydrogen-bond donors (Lipinski definition) is 0. The van der Waals surface area contributed by atoms with Gasteiger partial charge in [0.1, 0.15) is 11.0 Å². The van der Waals surface area contributed by atoms with E-state index in [1.54, 1.807) is 0 Å². The molecule has 0 spiro atoms. The van der Waals surface area contributed by atoms with Crippen LogP contribution in [-0.2, 0) is 0 Å². The number of hydrogen-bond acceptors (Lipinski definition) is 6. The van der Waals surface area contributed by atoms with E-state index < -0.39 is 16.1 Å². The normalized spacial score (nSPS) is 13.9. The summed E-state index contributed by atoms with van der Waals surface area (Å²) in [4.78, 5) is 14.8. The van der Waals surface area contributed by atoms with E-state index in [2.05, 4.69) is 277 Å². The largest absolute Gasteiger partial charge is 0.436 e. The Morgan fingerprint density at radius 3 is 0.829 bits per heavy atom. The number of nitrogens with zero attached hydrogens (tertiary/aromatic N) is 4. The first-order chi connectivity index (χ1) is 37.7. The second-order valence-electron chi connectivity index (χ2n) is 19.6. The first-order valence-corrected chi connectivity index (χ1v) is 29.8. The molecule has 0 N–H and O–H groups in total. The van der Waals surface area contributed by atoms with Crippen LogP contribution in [0.25, 0.3) is 45.1 Å². The minimum atomic E-state index is -2.70. The van der Waals surface area contributed by atoms with Gasteiger partial charge in [0.15, 0.2) is 27.3 Å². The van der Waals surface area contributed by atoms with E-state index in [0.29, 0.717) is 34.0 Å². The summed E-state index contributed by atoms with van der Waals surface area (Å²) in [7, 11) is -5.41. The van der Waals surface area contributed by atoms with Crippen molar-refractivity contribution in [2.24, 2.45) is 0 Å². The zero-order valence-electron chi connectivity index (χ0n) is 41.2. The van der Waals surface area contributed by atoms with Crippen molar-refractivity contribution in [2.75, 3.05) is 9.80 Å². The Labute approximate surface area is 442 Å². The lowest BCUT2D eigenvalue weighted by Crippen LogP contribution is -2.77. The summed E-state index contributed by atoms with van der Waals surface area (Å²) in [6, 6.07) is 101. The molecule has 0 unspecified atom stereocenters. The van der Waals surface area contributed by atoms with Gasteiger partial charge < -0.3 is 18.6 Å². The van der Waals surface area contributed by atoms with Crippen LogP contribution in [-0.4, -0.2) is 26.1 Å². The Bertz CT molecular complexity index is 3790. The van der Waals surface area contributed by atoms with Gasteiger partial charge in [0.2, 0.25) is 11.8 Å². The topological polar surface area (TPSA) is 58.5 Å². The van der Waals surface area contributed by atoms with Crippen LogP contribution in [0.5, 0.6) is 0 Å². The van der Waals surface area contributed by atoms with E-state index in [1.807, 2.05) is 12.1 Å². The SMILES string of the molecule is c1ccc([Si]2(c3ccccc3)c3ccccc3N(c3ccc(-c4nc5cc6oc(-c7ccc(N8c9ccccc9[Si](c9ccccc9)(c9ccccc9)c9ccccc98)cc7)nc6cc5o4)cc3)c3ccccc32)cc1. The van der Waals surface area contributed by atoms with Crippen molar-refractivity contribution in [1.82, 2.24) is 9.97 Å². The third-order valence-electron chi connectivity index (χ3n) is 15.7. The van der Waals surface area contributed by atoms with Gasteiger partial charge in [0, 0.05) is 57.4 Å². The molecule has 0 bridgehead atoms. The van der Waals surface area contributed by atoms with Crippen LogP contribution in [0.4, 0.5) is 34.1 Å². The predicted octanol–water partition coefficient (Wildman–Crippen LogP) is 11.6. The van der Waals surface area contributed by atoms with Gasteiger partial charge in [-0.05, 0) is 114 Å². The Morgan fingerprint density at radius 2 is 0.539 bits per heavy atom. The zero-order chi connectivity index (χ0) is 50.2. The monoisotopic (exact) mass is 1010 g/mol. The minimum Gasteiger partial charge on any atom is -0.436 e. The molecular formula is C68H46N4O2Si2. The number of anilines is 6. The van der Waals surface area contributed by atoms with E-state index in [-0.39, 0.29) is 0 Å². The predicted molar refractivity (Wildman–Crippen MR) is 316 cm³/mol. The number of benzene rings is 11. The molecule has 0 amide bonds. The molecule has 0 saturated carbocycles. The molecule has 13 aromatic rings. The van der Waals surface area contributed by atoms with Crippen LogP contribution >= 0.6 is 0 Å². The van der Waals surface area contributed by atoms with Gasteiger partial charge in [-0.3, -0.25) is 0 Å². The molecule has 0 saturated heterocycles. The lowest BCUT2D eigenvalue weighted by molar-refractivity contribution is 0.618. The van der Waals surface area contributed by atoms with E-state index >= 15 is 0 Å². The Balaban J connectivity index is 0.743. The van der Waals surface area contributed by atoms with Crippen molar-refractivity contribution in [2.45, 2.75) is 0 Å². The van der Waals surface area contributed by atoms with Gasteiger partial charge in [-0.1, -0.05) is 194 Å². The second-order valence-corrected chi connectivity index (χ2v) is 27.1. The van der Waals surface area contributed by atoms with E-state index in [0.717, 1.165) is 22.5 Å². The van der Waals surface area contributed by atoms with Crippen LogP contribution in [0.2, 0.25) is 0 Å². The molecule has 15 rings (SSSR count). The number of fused-ring (bicyclic) bond motifs is 6. The van der Waals surface area contributed by atoms with Crippen molar-refractivity contribution in [1.29, 1.82) is 0 Å². The van der Waals surface area contributed by atoms with Gasteiger partial charge in [0.25, 0.3) is 0 Å². The molecule has 0 aliphatic carbocycles. The summed E-state index contributed by atoms with van der Waals surface area (Å²) in [6.45, 7) is 0. The number of aromatic nitrogens is 2. The van der Waals surface area contributed by atoms with Gasteiger partial charge in [-0.2, -0.15) is 0 Å². The van der Waals surface area contributed by atoms with Gasteiger partial charge in [-0.25, -0.2) is 9.97 Å². The third-order valence-corrected chi connectivity index (χ3v) is 25.4. The molecule has 76 heavy (non-hydrogen) atoms. The molecule has 2 aliphatic rings. The summed E-state index contributed by atoms with van der Waals surface area (Å²) in [5.41, 5.74) is 11.4. The van der Waals surface area contributed by atoms with Crippen molar-refractivity contribution >= 4 is 114 Å². The standard InChI is InChI=1S/C68H46N4O2Si2/c1-5-21-51(22-6-1)75(52-23-7-2-8-24-52)63-33-17-13-29-57(63)71(58-30-14-18-34-64(58)75)49-41-37-47(38-42-49)67-69-55-45-62-56(46-61(55)73-67)70-68(74-62)48-39-43-50(44-40-48)72-59-31-15-19-35-65(59)76(53-25-9-3-10-26-53,54-27-11-4-12-28-54)66-36-20-16-32-60(66)72/h1-46H. The highest BCUT2D eigenvalue weighted by atomic mass is 28.3. The zero-order valence-corrected chi connectivity index (χ0v) is 43.2.